The molecule has 0 aliphatic heterocycles. The molecule has 1 heterocycles. The lowest BCUT2D eigenvalue weighted by molar-refractivity contribution is 0.458. The number of hydrogen-bond acceptors (Lipinski definition) is 4. The third kappa shape index (κ3) is 2.97. The first-order chi connectivity index (χ1) is 8.56. The van der Waals surface area contributed by atoms with Gasteiger partial charge < -0.3 is 10.5 Å². The smallest absolute Gasteiger partial charge is 0.224 e. The van der Waals surface area contributed by atoms with Gasteiger partial charge >= 0.3 is 0 Å². The van der Waals surface area contributed by atoms with Crippen molar-refractivity contribution in [3.05, 3.63) is 41.2 Å². The lowest BCUT2D eigenvalue weighted by Gasteiger charge is -2.08. The van der Waals surface area contributed by atoms with Gasteiger partial charge in [0.1, 0.15) is 17.4 Å². The van der Waals surface area contributed by atoms with E-state index in [1.54, 1.807) is 6.07 Å². The molecule has 0 amide bonds. The molecule has 1 aromatic carbocycles. The van der Waals surface area contributed by atoms with Gasteiger partial charge in [-0.05, 0) is 37.1 Å². The summed E-state index contributed by atoms with van der Waals surface area (Å²) in [5.41, 5.74) is 8.03. The van der Waals surface area contributed by atoms with Crippen LogP contribution in [0.4, 0.5) is 5.82 Å². The van der Waals surface area contributed by atoms with E-state index < -0.39 is 0 Å². The van der Waals surface area contributed by atoms with Crippen molar-refractivity contribution in [3.63, 3.8) is 0 Å². The second-order valence-electron chi connectivity index (χ2n) is 4.33. The first-order valence-electron chi connectivity index (χ1n) is 5.96. The van der Waals surface area contributed by atoms with Crippen molar-refractivity contribution in [1.29, 1.82) is 0 Å². The molecule has 1 aromatic heterocycles. The van der Waals surface area contributed by atoms with Crippen LogP contribution >= 0.6 is 0 Å². The SMILES string of the molecule is CCc1nc(N)cc(Oc2cc(C)cc(C)c2)n1. The Morgan fingerprint density at radius 2 is 1.72 bits per heavy atom. The molecule has 0 aliphatic carbocycles. The molecule has 2 rings (SSSR count). The molecule has 0 aliphatic rings. The highest BCUT2D eigenvalue weighted by molar-refractivity contribution is 5.38. The molecule has 0 spiro atoms. The Morgan fingerprint density at radius 1 is 1.06 bits per heavy atom. The molecule has 2 N–H and O–H groups in total. The van der Waals surface area contributed by atoms with Crippen LogP contribution in [0.3, 0.4) is 0 Å². The van der Waals surface area contributed by atoms with Crippen LogP contribution in [0.25, 0.3) is 0 Å². The van der Waals surface area contributed by atoms with E-state index in [0.717, 1.165) is 23.3 Å². The zero-order valence-corrected chi connectivity index (χ0v) is 10.9. The molecule has 0 atom stereocenters. The van der Waals surface area contributed by atoms with Crippen LogP contribution in [-0.4, -0.2) is 9.97 Å². The number of anilines is 1. The van der Waals surface area contributed by atoms with Gasteiger partial charge in [0.25, 0.3) is 0 Å². The number of aryl methyl sites for hydroxylation is 3. The molecule has 0 radical (unpaired) electrons. The first kappa shape index (κ1) is 12.4. The summed E-state index contributed by atoms with van der Waals surface area (Å²) in [7, 11) is 0. The molecule has 18 heavy (non-hydrogen) atoms. The minimum absolute atomic E-state index is 0.432. The first-order valence-corrected chi connectivity index (χ1v) is 5.96. The summed E-state index contributed by atoms with van der Waals surface area (Å²) in [4.78, 5) is 8.41. The summed E-state index contributed by atoms with van der Waals surface area (Å²) in [6, 6.07) is 7.67. The maximum Gasteiger partial charge on any atom is 0.224 e. The van der Waals surface area contributed by atoms with Gasteiger partial charge in [-0.15, -0.1) is 0 Å². The highest BCUT2D eigenvalue weighted by atomic mass is 16.5. The summed E-state index contributed by atoms with van der Waals surface area (Å²) >= 11 is 0. The van der Waals surface area contributed by atoms with Crippen LogP contribution in [-0.2, 0) is 6.42 Å². The Balaban J connectivity index is 2.30. The zero-order valence-electron chi connectivity index (χ0n) is 10.9. The van der Waals surface area contributed by atoms with E-state index in [1.165, 1.54) is 0 Å². The highest BCUT2D eigenvalue weighted by Gasteiger charge is 2.04. The average molecular weight is 243 g/mol. The van der Waals surface area contributed by atoms with Crippen molar-refractivity contribution in [2.75, 3.05) is 5.73 Å². The fraction of sp³-hybridized carbons (Fsp3) is 0.286. The van der Waals surface area contributed by atoms with Gasteiger partial charge in [-0.1, -0.05) is 13.0 Å². The minimum atomic E-state index is 0.432. The molecule has 4 heteroatoms. The maximum atomic E-state index is 5.73. The fourth-order valence-corrected chi connectivity index (χ4v) is 1.82. The van der Waals surface area contributed by atoms with E-state index in [1.807, 2.05) is 32.9 Å². The van der Waals surface area contributed by atoms with E-state index in [9.17, 15) is 0 Å². The van der Waals surface area contributed by atoms with E-state index in [-0.39, 0.29) is 0 Å². The van der Waals surface area contributed by atoms with Gasteiger partial charge in [-0.2, -0.15) is 4.98 Å². The summed E-state index contributed by atoms with van der Waals surface area (Å²) < 4.78 is 5.73. The zero-order chi connectivity index (χ0) is 13.1. The van der Waals surface area contributed by atoms with Crippen molar-refractivity contribution < 1.29 is 4.74 Å². The fourth-order valence-electron chi connectivity index (χ4n) is 1.82. The average Bonchev–Trinajstić information content (AvgIpc) is 2.26. The predicted molar refractivity (Wildman–Crippen MR) is 71.8 cm³/mol. The molecule has 4 nitrogen and oxygen atoms in total. The van der Waals surface area contributed by atoms with E-state index >= 15 is 0 Å². The topological polar surface area (TPSA) is 61.0 Å². The molecule has 0 saturated heterocycles. The minimum Gasteiger partial charge on any atom is -0.439 e. The number of nitrogens with two attached hydrogens (primary N) is 1. The molecular weight excluding hydrogens is 226 g/mol. The molecule has 2 aromatic rings. The van der Waals surface area contributed by atoms with E-state index in [2.05, 4.69) is 16.0 Å². The van der Waals surface area contributed by atoms with E-state index in [0.29, 0.717) is 17.5 Å². The lowest BCUT2D eigenvalue weighted by Crippen LogP contribution is -2.00. The predicted octanol–water partition coefficient (Wildman–Crippen LogP) is 3.03. The van der Waals surface area contributed by atoms with E-state index in [4.69, 9.17) is 10.5 Å². The summed E-state index contributed by atoms with van der Waals surface area (Å²) in [5.74, 6) is 2.38. The Morgan fingerprint density at radius 3 is 2.33 bits per heavy atom. The standard InChI is InChI=1S/C14H17N3O/c1-4-13-16-12(15)8-14(17-13)18-11-6-9(2)5-10(3)7-11/h5-8H,4H2,1-3H3,(H2,15,16,17). The van der Waals surface area contributed by atoms with Crippen LogP contribution in [0.2, 0.25) is 0 Å². The number of benzene rings is 1. The van der Waals surface area contributed by atoms with Gasteiger partial charge in [-0.3, -0.25) is 0 Å². The number of hydrogen-bond donors (Lipinski definition) is 1. The van der Waals surface area contributed by atoms with Crippen LogP contribution in [0.15, 0.2) is 24.3 Å². The molecular formula is C14H17N3O. The molecule has 94 valence electrons. The van der Waals surface area contributed by atoms with Crippen molar-refractivity contribution in [1.82, 2.24) is 9.97 Å². The van der Waals surface area contributed by atoms with Crippen LogP contribution in [0.1, 0.15) is 23.9 Å². The van der Waals surface area contributed by atoms with Gasteiger partial charge in [0.2, 0.25) is 5.88 Å². The monoisotopic (exact) mass is 243 g/mol. The summed E-state index contributed by atoms with van der Waals surface area (Å²) in [6.45, 7) is 6.05. The van der Waals surface area contributed by atoms with Crippen molar-refractivity contribution in [2.24, 2.45) is 0 Å². The van der Waals surface area contributed by atoms with Gasteiger partial charge in [-0.25, -0.2) is 4.98 Å². The highest BCUT2D eigenvalue weighted by Crippen LogP contribution is 2.23. The molecule has 0 unspecified atom stereocenters. The third-order valence-electron chi connectivity index (χ3n) is 2.50. The van der Waals surface area contributed by atoms with Gasteiger partial charge in [0.05, 0.1) is 0 Å². The number of nitrogens with zero attached hydrogens (tertiary/aromatic N) is 2. The summed E-state index contributed by atoms with van der Waals surface area (Å²) in [6.07, 6.45) is 0.730. The Hall–Kier alpha value is -2.10. The van der Waals surface area contributed by atoms with Gasteiger partial charge in [0.15, 0.2) is 0 Å². The van der Waals surface area contributed by atoms with Crippen molar-refractivity contribution in [3.8, 4) is 11.6 Å². The Labute approximate surface area is 107 Å². The Kier molecular flexibility index (Phi) is 3.46. The largest absolute Gasteiger partial charge is 0.439 e. The normalized spacial score (nSPS) is 10.4. The quantitative estimate of drug-likeness (QED) is 0.900. The summed E-state index contributed by atoms with van der Waals surface area (Å²) in [5, 5.41) is 0. The lowest BCUT2D eigenvalue weighted by atomic mass is 10.1. The Bertz CT molecular complexity index is 547. The van der Waals surface area contributed by atoms with Crippen LogP contribution < -0.4 is 10.5 Å². The van der Waals surface area contributed by atoms with Crippen molar-refractivity contribution >= 4 is 5.82 Å². The second-order valence-corrected chi connectivity index (χ2v) is 4.33. The van der Waals surface area contributed by atoms with Crippen molar-refractivity contribution in [2.45, 2.75) is 27.2 Å². The molecule has 0 fully saturated rings. The van der Waals surface area contributed by atoms with Gasteiger partial charge in [0, 0.05) is 12.5 Å². The number of ether oxygens (including phenoxy) is 1. The number of aromatic nitrogens is 2. The second kappa shape index (κ2) is 5.04. The molecule has 0 bridgehead atoms. The number of nitrogen functional groups attached to an aromatic ring is 1. The third-order valence-corrected chi connectivity index (χ3v) is 2.50. The molecule has 0 saturated carbocycles. The van der Waals surface area contributed by atoms with Crippen LogP contribution in [0.5, 0.6) is 11.6 Å². The maximum absolute atomic E-state index is 5.73. The number of rotatable bonds is 3. The van der Waals surface area contributed by atoms with Crippen LogP contribution in [0, 0.1) is 13.8 Å².